The van der Waals surface area contributed by atoms with E-state index in [-0.39, 0.29) is 23.8 Å². The highest BCUT2D eigenvalue weighted by Crippen LogP contribution is 2.45. The van der Waals surface area contributed by atoms with E-state index in [0.29, 0.717) is 23.0 Å². The molecule has 7 nitrogen and oxygen atoms in total. The molecule has 0 bridgehead atoms. The molecule has 1 aliphatic rings. The van der Waals surface area contributed by atoms with Gasteiger partial charge in [-0.25, -0.2) is 4.39 Å². The van der Waals surface area contributed by atoms with Crippen LogP contribution in [0, 0.1) is 19.7 Å². The number of aromatic nitrogens is 2. The Kier molecular flexibility index (Phi) is 7.34. The van der Waals surface area contributed by atoms with E-state index >= 15 is 0 Å². The van der Waals surface area contributed by atoms with Crippen LogP contribution in [0.25, 0.3) is 5.69 Å². The molecule has 2 N–H and O–H groups in total. The molecular formula is C30H30FN5O2S. The first-order valence-corrected chi connectivity index (χ1v) is 13.2. The standard InChI is InChI=1S/C30H30FN5O2S/c1-5-27(37)33-24-13-12-22(17-26(24)38-4)36-29(28(34-30(36)39)25-11-6-7-14-32-25)23-15-18(2)35(19(23)3)21-10-8-9-20(31)16-21/h6-17,28-29H,5H2,1-4H3,(H,33,37)(H,34,39)/t28-,29+/m1/s1. The van der Waals surface area contributed by atoms with Crippen LogP contribution >= 0.6 is 12.2 Å². The Hall–Kier alpha value is -4.24. The number of nitrogens with one attached hydrogen (secondary N) is 2. The Morgan fingerprint density at radius 2 is 1.92 bits per heavy atom. The number of hydrogen-bond donors (Lipinski definition) is 2. The lowest BCUT2D eigenvalue weighted by atomic mass is 9.96. The van der Waals surface area contributed by atoms with Gasteiger partial charge >= 0.3 is 0 Å². The number of nitrogens with zero attached hydrogens (tertiary/aromatic N) is 3. The molecule has 39 heavy (non-hydrogen) atoms. The van der Waals surface area contributed by atoms with Crippen molar-refractivity contribution >= 4 is 34.6 Å². The lowest BCUT2D eigenvalue weighted by Crippen LogP contribution is -2.29. The first-order valence-electron chi connectivity index (χ1n) is 12.8. The zero-order chi connectivity index (χ0) is 27.7. The predicted molar refractivity (Wildman–Crippen MR) is 155 cm³/mol. The number of thiocarbonyl (C=S) groups is 1. The maximum absolute atomic E-state index is 14.2. The van der Waals surface area contributed by atoms with Gasteiger partial charge in [0.1, 0.15) is 11.6 Å². The summed E-state index contributed by atoms with van der Waals surface area (Å²) in [6.07, 6.45) is 2.13. The van der Waals surface area contributed by atoms with Crippen LogP contribution in [-0.2, 0) is 4.79 Å². The number of methoxy groups -OCH3 is 1. The van der Waals surface area contributed by atoms with Crippen molar-refractivity contribution in [2.45, 2.75) is 39.3 Å². The van der Waals surface area contributed by atoms with Gasteiger partial charge in [-0.3, -0.25) is 9.78 Å². The number of rotatable bonds is 7. The van der Waals surface area contributed by atoms with Gasteiger partial charge < -0.3 is 24.8 Å². The molecule has 2 aromatic carbocycles. The van der Waals surface area contributed by atoms with Gasteiger partial charge in [-0.05, 0) is 80.2 Å². The quantitative estimate of drug-likeness (QED) is 0.272. The number of benzene rings is 2. The Labute approximate surface area is 232 Å². The van der Waals surface area contributed by atoms with Crippen LogP contribution in [0.2, 0.25) is 0 Å². The number of hydrogen-bond acceptors (Lipinski definition) is 4. The van der Waals surface area contributed by atoms with Crippen molar-refractivity contribution in [3.05, 3.63) is 101 Å². The summed E-state index contributed by atoms with van der Waals surface area (Å²) < 4.78 is 21.8. The van der Waals surface area contributed by atoms with Crippen molar-refractivity contribution in [1.82, 2.24) is 14.9 Å². The van der Waals surface area contributed by atoms with Crippen LogP contribution in [0.15, 0.2) is 72.9 Å². The fraction of sp³-hybridized carbons (Fsp3) is 0.233. The molecular weight excluding hydrogens is 513 g/mol. The summed E-state index contributed by atoms with van der Waals surface area (Å²) in [5, 5.41) is 6.91. The molecule has 3 heterocycles. The lowest BCUT2D eigenvalue weighted by molar-refractivity contribution is -0.115. The average Bonchev–Trinajstić information content (AvgIpc) is 3.43. The van der Waals surface area contributed by atoms with Gasteiger partial charge in [0.15, 0.2) is 5.11 Å². The van der Waals surface area contributed by atoms with Crippen molar-refractivity contribution in [2.24, 2.45) is 0 Å². The molecule has 2 atom stereocenters. The van der Waals surface area contributed by atoms with Crippen LogP contribution in [-0.4, -0.2) is 27.7 Å². The third kappa shape index (κ3) is 4.97. The third-order valence-electron chi connectivity index (χ3n) is 7.01. The first-order chi connectivity index (χ1) is 18.8. The molecule has 1 fully saturated rings. The molecule has 1 aliphatic heterocycles. The molecule has 200 valence electrons. The van der Waals surface area contributed by atoms with E-state index < -0.39 is 0 Å². The average molecular weight is 544 g/mol. The molecule has 4 aromatic rings. The molecule has 0 aliphatic carbocycles. The SMILES string of the molecule is CCC(=O)Nc1ccc(N2C(=S)N[C@H](c3ccccn3)[C@@H]2c2cc(C)n(-c3cccc(F)c3)c2C)cc1OC. The summed E-state index contributed by atoms with van der Waals surface area (Å²) in [5.41, 5.74) is 5.97. The number of anilines is 2. The highest BCUT2D eigenvalue weighted by atomic mass is 32.1. The third-order valence-corrected chi connectivity index (χ3v) is 7.33. The normalized spacial score (nSPS) is 16.7. The second kappa shape index (κ2) is 10.9. The van der Waals surface area contributed by atoms with Crippen molar-refractivity contribution in [2.75, 3.05) is 17.3 Å². The van der Waals surface area contributed by atoms with Gasteiger partial charge in [0.05, 0.1) is 30.6 Å². The zero-order valence-corrected chi connectivity index (χ0v) is 23.1. The smallest absolute Gasteiger partial charge is 0.224 e. The van der Waals surface area contributed by atoms with Gasteiger partial charge in [0.2, 0.25) is 5.91 Å². The van der Waals surface area contributed by atoms with Crippen molar-refractivity contribution in [3.8, 4) is 11.4 Å². The number of aryl methyl sites for hydroxylation is 1. The second-order valence-electron chi connectivity index (χ2n) is 9.42. The molecule has 5 rings (SSSR count). The molecule has 0 unspecified atom stereocenters. The maximum atomic E-state index is 14.2. The van der Waals surface area contributed by atoms with Crippen LogP contribution in [0.3, 0.4) is 0 Å². The van der Waals surface area contributed by atoms with Crippen molar-refractivity contribution in [3.63, 3.8) is 0 Å². The van der Waals surface area contributed by atoms with E-state index in [1.54, 1.807) is 26.3 Å². The fourth-order valence-electron chi connectivity index (χ4n) is 5.22. The molecule has 1 saturated heterocycles. The van der Waals surface area contributed by atoms with Gasteiger partial charge in [0, 0.05) is 41.4 Å². The fourth-order valence-corrected chi connectivity index (χ4v) is 5.57. The van der Waals surface area contributed by atoms with Gasteiger partial charge in [-0.1, -0.05) is 19.1 Å². The number of carbonyl (C=O) groups is 1. The molecule has 0 saturated carbocycles. The maximum Gasteiger partial charge on any atom is 0.224 e. The van der Waals surface area contributed by atoms with Crippen LogP contribution in [0.1, 0.15) is 48.1 Å². The van der Waals surface area contributed by atoms with Crippen molar-refractivity contribution < 1.29 is 13.9 Å². The van der Waals surface area contributed by atoms with Crippen LogP contribution in [0.4, 0.5) is 15.8 Å². The van der Waals surface area contributed by atoms with Gasteiger partial charge in [0.25, 0.3) is 0 Å². The van der Waals surface area contributed by atoms with Crippen molar-refractivity contribution in [1.29, 1.82) is 0 Å². The molecule has 2 aromatic heterocycles. The van der Waals surface area contributed by atoms with E-state index in [1.165, 1.54) is 12.1 Å². The largest absolute Gasteiger partial charge is 0.494 e. The minimum Gasteiger partial charge on any atom is -0.494 e. The van der Waals surface area contributed by atoms with Crippen LogP contribution in [0.5, 0.6) is 5.75 Å². The summed E-state index contributed by atoms with van der Waals surface area (Å²) in [6, 6.07) is 19.6. The topological polar surface area (TPSA) is 71.4 Å². The Morgan fingerprint density at radius 1 is 1.10 bits per heavy atom. The molecule has 0 radical (unpaired) electrons. The number of carbonyl (C=O) groups excluding carboxylic acids is 1. The Balaban J connectivity index is 1.65. The van der Waals surface area contributed by atoms with Crippen LogP contribution < -0.4 is 20.3 Å². The Bertz CT molecular complexity index is 1540. The number of halogens is 1. The van der Waals surface area contributed by atoms with E-state index in [0.717, 1.165) is 34.0 Å². The molecule has 0 spiro atoms. The minimum atomic E-state index is -0.291. The summed E-state index contributed by atoms with van der Waals surface area (Å²) in [4.78, 5) is 18.7. The highest BCUT2D eigenvalue weighted by molar-refractivity contribution is 7.80. The summed E-state index contributed by atoms with van der Waals surface area (Å²) in [7, 11) is 1.57. The van der Waals surface area contributed by atoms with E-state index in [9.17, 15) is 9.18 Å². The monoisotopic (exact) mass is 543 g/mol. The predicted octanol–water partition coefficient (Wildman–Crippen LogP) is 6.16. The van der Waals surface area contributed by atoms with E-state index in [1.807, 2.05) is 56.3 Å². The highest BCUT2D eigenvalue weighted by Gasteiger charge is 2.42. The molecule has 9 heteroatoms. The van der Waals surface area contributed by atoms with E-state index in [2.05, 4.69) is 31.2 Å². The van der Waals surface area contributed by atoms with E-state index in [4.69, 9.17) is 17.0 Å². The summed E-state index contributed by atoms with van der Waals surface area (Å²) in [5.74, 6) is 0.139. The van der Waals surface area contributed by atoms with Gasteiger partial charge in [-0.2, -0.15) is 0 Å². The lowest BCUT2D eigenvalue weighted by Gasteiger charge is -2.29. The zero-order valence-electron chi connectivity index (χ0n) is 22.2. The Morgan fingerprint density at radius 3 is 2.62 bits per heavy atom. The second-order valence-corrected chi connectivity index (χ2v) is 9.81. The minimum absolute atomic E-state index is 0.0997. The number of ether oxygens (including phenoxy) is 1. The molecule has 1 amide bonds. The first kappa shape index (κ1) is 26.4. The number of amides is 1. The summed E-state index contributed by atoms with van der Waals surface area (Å²) in [6.45, 7) is 5.84. The summed E-state index contributed by atoms with van der Waals surface area (Å²) >= 11 is 5.89. The number of pyridine rings is 1. The van der Waals surface area contributed by atoms with Gasteiger partial charge in [-0.15, -0.1) is 0 Å².